The Morgan fingerprint density at radius 2 is 2.12 bits per heavy atom. The molecule has 0 aromatic rings. The van der Waals surface area contributed by atoms with Crippen LogP contribution in [0.3, 0.4) is 0 Å². The van der Waals surface area contributed by atoms with Gasteiger partial charge in [0.2, 0.25) is 5.91 Å². The Labute approximate surface area is 101 Å². The third kappa shape index (κ3) is 2.90. The predicted octanol–water partition coefficient (Wildman–Crippen LogP) is 1.18. The molecular formula is C12H20N2O3. The van der Waals surface area contributed by atoms with Crippen molar-refractivity contribution in [2.45, 2.75) is 57.7 Å². The van der Waals surface area contributed by atoms with Gasteiger partial charge in [-0.3, -0.25) is 4.79 Å². The maximum Gasteiger partial charge on any atom is 0.407 e. The summed E-state index contributed by atoms with van der Waals surface area (Å²) in [7, 11) is 0. The van der Waals surface area contributed by atoms with E-state index in [1.807, 2.05) is 20.8 Å². The highest BCUT2D eigenvalue weighted by Crippen LogP contribution is 2.31. The Hall–Kier alpha value is -1.26. The van der Waals surface area contributed by atoms with E-state index in [4.69, 9.17) is 4.74 Å². The van der Waals surface area contributed by atoms with Crippen molar-refractivity contribution in [3.05, 3.63) is 0 Å². The number of nitrogens with one attached hydrogen (secondary N) is 2. The van der Waals surface area contributed by atoms with Gasteiger partial charge in [-0.05, 0) is 40.0 Å². The number of ether oxygens (including phenoxy) is 1. The molecule has 1 saturated heterocycles. The quantitative estimate of drug-likeness (QED) is 0.676. The monoisotopic (exact) mass is 240 g/mol. The number of hydrogen-bond donors (Lipinski definition) is 2. The van der Waals surface area contributed by atoms with Crippen molar-refractivity contribution in [1.82, 2.24) is 10.6 Å². The number of alkyl carbamates (subject to hydrolysis) is 1. The molecule has 1 heterocycles. The zero-order valence-electron chi connectivity index (χ0n) is 10.6. The lowest BCUT2D eigenvalue weighted by Gasteiger charge is -2.43. The lowest BCUT2D eigenvalue weighted by atomic mass is 9.76. The summed E-state index contributed by atoms with van der Waals surface area (Å²) in [5.41, 5.74) is -0.477. The molecule has 1 aliphatic carbocycles. The second-order valence-corrected chi connectivity index (χ2v) is 5.88. The number of β-lactam (4-membered cyclic amide) rings is 1. The van der Waals surface area contributed by atoms with Crippen LogP contribution < -0.4 is 10.6 Å². The highest BCUT2D eigenvalue weighted by Gasteiger charge is 2.43. The minimum absolute atomic E-state index is 0.0668. The fourth-order valence-electron chi connectivity index (χ4n) is 2.43. The van der Waals surface area contributed by atoms with Crippen molar-refractivity contribution in [3.63, 3.8) is 0 Å². The molecule has 2 fully saturated rings. The van der Waals surface area contributed by atoms with Crippen LogP contribution in [-0.4, -0.2) is 29.7 Å². The van der Waals surface area contributed by atoms with Crippen molar-refractivity contribution in [1.29, 1.82) is 0 Å². The predicted molar refractivity (Wildman–Crippen MR) is 62.4 cm³/mol. The van der Waals surface area contributed by atoms with Crippen LogP contribution in [0.2, 0.25) is 0 Å². The van der Waals surface area contributed by atoms with Crippen LogP contribution in [0.5, 0.6) is 0 Å². The van der Waals surface area contributed by atoms with Crippen molar-refractivity contribution in [2.24, 2.45) is 5.92 Å². The Balaban J connectivity index is 1.80. The molecule has 0 unspecified atom stereocenters. The summed E-state index contributed by atoms with van der Waals surface area (Å²) in [5, 5.41) is 5.71. The lowest BCUT2D eigenvalue weighted by molar-refractivity contribution is -0.137. The molecule has 0 aromatic heterocycles. The molecule has 0 spiro atoms. The summed E-state index contributed by atoms with van der Waals surface area (Å²) in [6, 6.07) is 0.399. The van der Waals surface area contributed by atoms with Gasteiger partial charge >= 0.3 is 6.09 Å². The average Bonchev–Trinajstić information content (AvgIpc) is 2.16. The molecule has 2 aliphatic rings. The van der Waals surface area contributed by atoms with Gasteiger partial charge in [0.05, 0.1) is 5.92 Å². The van der Waals surface area contributed by atoms with E-state index in [1.54, 1.807) is 0 Å². The number of carbonyl (C=O) groups excluding carboxylic acids is 2. The molecule has 2 amide bonds. The molecule has 0 aromatic carbocycles. The minimum atomic E-state index is -0.477. The molecule has 3 atom stereocenters. The van der Waals surface area contributed by atoms with Gasteiger partial charge in [-0.2, -0.15) is 0 Å². The van der Waals surface area contributed by atoms with E-state index in [-0.39, 0.29) is 24.0 Å². The van der Waals surface area contributed by atoms with Gasteiger partial charge in [-0.15, -0.1) is 0 Å². The molecule has 0 bridgehead atoms. The van der Waals surface area contributed by atoms with Gasteiger partial charge in [-0.1, -0.05) is 0 Å². The normalized spacial score (nSPS) is 31.9. The summed E-state index contributed by atoms with van der Waals surface area (Å²) in [6.45, 7) is 5.51. The standard InChI is InChI=1S/C12H20N2O3/c1-12(2,3)17-11(16)13-7-4-5-9-8(6-7)10(15)14-9/h7-9H,4-6H2,1-3H3,(H,13,16)(H,14,15)/t7-,8+,9-/m1/s1. The third-order valence-corrected chi connectivity index (χ3v) is 3.24. The molecule has 17 heavy (non-hydrogen) atoms. The fourth-order valence-corrected chi connectivity index (χ4v) is 2.43. The molecule has 96 valence electrons. The Kier molecular flexibility index (Phi) is 3.02. The van der Waals surface area contributed by atoms with Crippen LogP contribution in [0.4, 0.5) is 4.79 Å². The molecule has 2 N–H and O–H groups in total. The van der Waals surface area contributed by atoms with E-state index < -0.39 is 5.60 Å². The number of amides is 2. The molecule has 0 radical (unpaired) electrons. The summed E-state index contributed by atoms with van der Waals surface area (Å²) in [4.78, 5) is 22.9. The second-order valence-electron chi connectivity index (χ2n) is 5.88. The van der Waals surface area contributed by atoms with E-state index in [0.29, 0.717) is 6.04 Å². The fraction of sp³-hybridized carbons (Fsp3) is 0.833. The van der Waals surface area contributed by atoms with E-state index in [9.17, 15) is 9.59 Å². The van der Waals surface area contributed by atoms with Crippen LogP contribution >= 0.6 is 0 Å². The Bertz CT molecular complexity index is 335. The van der Waals surface area contributed by atoms with Crippen LogP contribution in [-0.2, 0) is 9.53 Å². The van der Waals surface area contributed by atoms with E-state index >= 15 is 0 Å². The smallest absolute Gasteiger partial charge is 0.407 e. The number of rotatable bonds is 1. The average molecular weight is 240 g/mol. The first-order valence-corrected chi connectivity index (χ1v) is 6.15. The Morgan fingerprint density at radius 1 is 1.41 bits per heavy atom. The van der Waals surface area contributed by atoms with Crippen LogP contribution in [0.25, 0.3) is 0 Å². The molecular weight excluding hydrogens is 220 g/mol. The lowest BCUT2D eigenvalue weighted by Crippen LogP contribution is -2.62. The first kappa shape index (κ1) is 12.2. The second kappa shape index (κ2) is 4.20. The van der Waals surface area contributed by atoms with Crippen LogP contribution in [0.15, 0.2) is 0 Å². The first-order chi connectivity index (χ1) is 7.85. The van der Waals surface area contributed by atoms with Crippen molar-refractivity contribution >= 4 is 12.0 Å². The summed E-state index contributed by atoms with van der Waals surface area (Å²) >= 11 is 0. The molecule has 1 aliphatic heterocycles. The van der Waals surface area contributed by atoms with E-state index in [2.05, 4.69) is 10.6 Å². The third-order valence-electron chi connectivity index (χ3n) is 3.24. The SMILES string of the molecule is CC(C)(C)OC(=O)N[C@@H]1CC[C@H]2NC(=O)[C@H]2C1. The summed E-state index contributed by atoms with van der Waals surface area (Å²) in [6.07, 6.45) is 2.19. The molecule has 5 nitrogen and oxygen atoms in total. The first-order valence-electron chi connectivity index (χ1n) is 6.15. The minimum Gasteiger partial charge on any atom is -0.444 e. The molecule has 2 rings (SSSR count). The van der Waals surface area contributed by atoms with Gasteiger partial charge in [0.25, 0.3) is 0 Å². The van der Waals surface area contributed by atoms with Crippen LogP contribution in [0.1, 0.15) is 40.0 Å². The van der Waals surface area contributed by atoms with E-state index in [0.717, 1.165) is 19.3 Å². The zero-order valence-corrected chi connectivity index (χ0v) is 10.6. The van der Waals surface area contributed by atoms with Crippen LogP contribution in [0, 0.1) is 5.92 Å². The molecule has 5 heteroatoms. The topological polar surface area (TPSA) is 67.4 Å². The van der Waals surface area contributed by atoms with Gasteiger partial charge in [0, 0.05) is 12.1 Å². The maximum atomic E-state index is 11.6. The summed E-state index contributed by atoms with van der Waals surface area (Å²) < 4.78 is 5.20. The Morgan fingerprint density at radius 3 is 2.71 bits per heavy atom. The number of fused-ring (bicyclic) bond motifs is 1. The van der Waals surface area contributed by atoms with Gasteiger partial charge in [-0.25, -0.2) is 4.79 Å². The van der Waals surface area contributed by atoms with Crippen molar-refractivity contribution in [2.75, 3.05) is 0 Å². The highest BCUT2D eigenvalue weighted by atomic mass is 16.6. The van der Waals surface area contributed by atoms with Gasteiger partial charge in [0.1, 0.15) is 5.60 Å². The largest absolute Gasteiger partial charge is 0.444 e. The zero-order chi connectivity index (χ0) is 12.6. The van der Waals surface area contributed by atoms with Gasteiger partial charge in [0.15, 0.2) is 0 Å². The van der Waals surface area contributed by atoms with Crippen molar-refractivity contribution < 1.29 is 14.3 Å². The maximum absolute atomic E-state index is 11.6. The molecule has 1 saturated carbocycles. The number of hydrogen-bond acceptors (Lipinski definition) is 3. The van der Waals surface area contributed by atoms with Crippen molar-refractivity contribution in [3.8, 4) is 0 Å². The summed E-state index contributed by atoms with van der Waals surface area (Å²) in [5.74, 6) is 0.203. The highest BCUT2D eigenvalue weighted by molar-refractivity contribution is 5.86. The van der Waals surface area contributed by atoms with Gasteiger partial charge < -0.3 is 15.4 Å². The number of carbonyl (C=O) groups is 2. The van der Waals surface area contributed by atoms with E-state index in [1.165, 1.54) is 0 Å².